The Labute approximate surface area is 158 Å². The molecule has 1 aromatic heterocycles. The number of hydrogen-bond donors (Lipinski definition) is 1. The summed E-state index contributed by atoms with van der Waals surface area (Å²) in [6.07, 6.45) is 0.308. The number of nitrogens with zero attached hydrogens (tertiary/aromatic N) is 1. The number of carbonyl (C=O) groups excluding carboxylic acids is 2. The molecule has 0 aliphatic heterocycles. The van der Waals surface area contributed by atoms with Gasteiger partial charge in [0, 0.05) is 12.1 Å². The minimum absolute atomic E-state index is 0.248. The van der Waals surface area contributed by atoms with E-state index in [0.717, 1.165) is 0 Å². The van der Waals surface area contributed by atoms with Crippen LogP contribution in [-0.2, 0) is 14.3 Å². The Bertz CT molecular complexity index is 632. The molecule has 0 saturated carbocycles. The number of esters is 1. The molecule has 25 heavy (non-hydrogen) atoms. The Kier molecular flexibility index (Phi) is 7.50. The first-order valence-electron chi connectivity index (χ1n) is 7.91. The second kappa shape index (κ2) is 8.72. The number of rotatable bonds is 5. The first-order chi connectivity index (χ1) is 11.4. The second-order valence-electron chi connectivity index (χ2n) is 6.82. The molecule has 1 aromatic rings. The van der Waals surface area contributed by atoms with Gasteiger partial charge in [-0.15, -0.1) is 0 Å². The van der Waals surface area contributed by atoms with E-state index in [0.29, 0.717) is 15.7 Å². The molecule has 0 bridgehead atoms. The number of pyridine rings is 1. The molecule has 1 rings (SSSR count). The van der Waals surface area contributed by atoms with Crippen molar-refractivity contribution in [2.24, 2.45) is 0 Å². The van der Waals surface area contributed by atoms with Crippen LogP contribution in [0.4, 0.5) is 4.79 Å². The van der Waals surface area contributed by atoms with E-state index in [-0.39, 0.29) is 5.92 Å². The molecule has 0 aromatic carbocycles. The van der Waals surface area contributed by atoms with Crippen molar-refractivity contribution < 1.29 is 19.1 Å². The van der Waals surface area contributed by atoms with Gasteiger partial charge in [-0.3, -0.25) is 4.98 Å². The molecule has 0 fully saturated rings. The highest BCUT2D eigenvalue weighted by molar-refractivity contribution is 6.34. The summed E-state index contributed by atoms with van der Waals surface area (Å²) in [7, 11) is 0. The molecule has 2 unspecified atom stereocenters. The molecule has 6 nitrogen and oxygen atoms in total. The molecule has 1 amide bonds. The zero-order valence-corrected chi connectivity index (χ0v) is 16.7. The third kappa shape index (κ3) is 7.08. The fourth-order valence-electron chi connectivity index (χ4n) is 1.91. The first-order valence-corrected chi connectivity index (χ1v) is 8.67. The number of alkyl carbamates (subject to hydrolysis) is 1. The number of ether oxygens (including phenoxy) is 2. The van der Waals surface area contributed by atoms with Gasteiger partial charge in [-0.1, -0.05) is 30.1 Å². The lowest BCUT2D eigenvalue weighted by Crippen LogP contribution is -2.43. The standard InChI is InChI=1S/C17H24Cl2N2O4/c1-9(14-13(19)7-12(18)8-20-14)11(3)24-15(22)10(2)21-16(23)25-17(4,5)6/h7-11H,1-6H3,(H,21,23)/t9?,10-,11?/m0/s1. The summed E-state index contributed by atoms with van der Waals surface area (Å²) in [5.41, 5.74) is -0.0638. The Balaban J connectivity index is 2.64. The van der Waals surface area contributed by atoms with Gasteiger partial charge in [0.25, 0.3) is 0 Å². The zero-order valence-electron chi connectivity index (χ0n) is 15.2. The molecule has 8 heteroatoms. The summed E-state index contributed by atoms with van der Waals surface area (Å²) in [5, 5.41) is 3.28. The summed E-state index contributed by atoms with van der Waals surface area (Å²) in [6.45, 7) is 10.3. The molecule has 0 radical (unpaired) electrons. The molecular weight excluding hydrogens is 367 g/mol. The minimum atomic E-state index is -0.849. The first kappa shape index (κ1) is 21.5. The molecule has 3 atom stereocenters. The molecule has 0 aliphatic carbocycles. The molecular formula is C17H24Cl2N2O4. The van der Waals surface area contributed by atoms with Crippen molar-refractivity contribution in [3.8, 4) is 0 Å². The highest BCUT2D eigenvalue weighted by Crippen LogP contribution is 2.28. The normalized spacial score (nSPS) is 15.0. The highest BCUT2D eigenvalue weighted by atomic mass is 35.5. The Morgan fingerprint density at radius 2 is 1.80 bits per heavy atom. The number of aromatic nitrogens is 1. The molecule has 1 N–H and O–H groups in total. The van der Waals surface area contributed by atoms with Crippen molar-refractivity contribution in [3.05, 3.63) is 28.0 Å². The van der Waals surface area contributed by atoms with Gasteiger partial charge in [0.15, 0.2) is 0 Å². The Morgan fingerprint density at radius 1 is 1.20 bits per heavy atom. The van der Waals surface area contributed by atoms with E-state index < -0.39 is 29.8 Å². The van der Waals surface area contributed by atoms with Gasteiger partial charge in [-0.2, -0.15) is 0 Å². The van der Waals surface area contributed by atoms with E-state index in [1.165, 1.54) is 13.1 Å². The van der Waals surface area contributed by atoms with Crippen molar-refractivity contribution in [3.63, 3.8) is 0 Å². The van der Waals surface area contributed by atoms with Crippen LogP contribution in [0, 0.1) is 0 Å². The van der Waals surface area contributed by atoms with Crippen LogP contribution in [0.2, 0.25) is 10.0 Å². The number of nitrogens with one attached hydrogen (secondary N) is 1. The molecule has 0 spiro atoms. The number of halogens is 2. The fourth-order valence-corrected chi connectivity index (χ4v) is 2.47. The predicted molar refractivity (Wildman–Crippen MR) is 97.1 cm³/mol. The van der Waals surface area contributed by atoms with E-state index in [1.807, 2.05) is 6.92 Å². The summed E-state index contributed by atoms with van der Waals surface area (Å²) in [4.78, 5) is 28.1. The van der Waals surface area contributed by atoms with E-state index in [1.54, 1.807) is 33.8 Å². The second-order valence-corrected chi connectivity index (χ2v) is 7.66. The van der Waals surface area contributed by atoms with Crippen molar-refractivity contribution >= 4 is 35.3 Å². The molecule has 0 aliphatic rings. The fraction of sp³-hybridized carbons (Fsp3) is 0.588. The van der Waals surface area contributed by atoms with Gasteiger partial charge >= 0.3 is 12.1 Å². The monoisotopic (exact) mass is 390 g/mol. The SMILES string of the molecule is CC(OC(=O)[C@H](C)NC(=O)OC(C)(C)C)C(C)c1ncc(Cl)cc1Cl. The van der Waals surface area contributed by atoms with E-state index in [9.17, 15) is 9.59 Å². The number of carbonyl (C=O) groups is 2. The minimum Gasteiger partial charge on any atom is -0.460 e. The van der Waals surface area contributed by atoms with Gasteiger partial charge in [-0.25, -0.2) is 9.59 Å². The topological polar surface area (TPSA) is 77.5 Å². The van der Waals surface area contributed by atoms with Gasteiger partial charge in [-0.05, 0) is 40.7 Å². The number of hydrogen-bond acceptors (Lipinski definition) is 5. The molecule has 1 heterocycles. The lowest BCUT2D eigenvalue weighted by atomic mass is 10.0. The van der Waals surface area contributed by atoms with Crippen LogP contribution in [0.1, 0.15) is 53.2 Å². The summed E-state index contributed by atoms with van der Waals surface area (Å²) in [5.74, 6) is -0.822. The van der Waals surface area contributed by atoms with Crippen LogP contribution in [0.3, 0.4) is 0 Å². The van der Waals surface area contributed by atoms with Crippen LogP contribution in [0.15, 0.2) is 12.3 Å². The lowest BCUT2D eigenvalue weighted by molar-refractivity contribution is -0.151. The lowest BCUT2D eigenvalue weighted by Gasteiger charge is -2.24. The van der Waals surface area contributed by atoms with Crippen LogP contribution >= 0.6 is 23.2 Å². The van der Waals surface area contributed by atoms with Crippen molar-refractivity contribution in [1.82, 2.24) is 10.3 Å². The highest BCUT2D eigenvalue weighted by Gasteiger charge is 2.26. The Hall–Kier alpha value is -1.53. The van der Waals surface area contributed by atoms with Gasteiger partial charge in [0.2, 0.25) is 0 Å². The molecule has 140 valence electrons. The Morgan fingerprint density at radius 3 is 2.32 bits per heavy atom. The molecule has 0 saturated heterocycles. The zero-order chi connectivity index (χ0) is 19.4. The average Bonchev–Trinajstić information content (AvgIpc) is 2.44. The van der Waals surface area contributed by atoms with E-state index in [2.05, 4.69) is 10.3 Å². The van der Waals surface area contributed by atoms with Gasteiger partial charge in [0.05, 0.1) is 15.7 Å². The summed E-state index contributed by atoms with van der Waals surface area (Å²) in [6, 6.07) is 0.738. The van der Waals surface area contributed by atoms with Crippen LogP contribution in [0.5, 0.6) is 0 Å². The summed E-state index contributed by atoms with van der Waals surface area (Å²) < 4.78 is 10.5. The van der Waals surface area contributed by atoms with Crippen molar-refractivity contribution in [2.75, 3.05) is 0 Å². The van der Waals surface area contributed by atoms with Crippen LogP contribution < -0.4 is 5.32 Å². The quantitative estimate of drug-likeness (QED) is 0.756. The average molecular weight is 391 g/mol. The third-order valence-corrected chi connectivity index (χ3v) is 3.87. The van der Waals surface area contributed by atoms with E-state index in [4.69, 9.17) is 32.7 Å². The number of amides is 1. The van der Waals surface area contributed by atoms with Crippen LogP contribution in [0.25, 0.3) is 0 Å². The van der Waals surface area contributed by atoms with Crippen molar-refractivity contribution in [2.45, 2.75) is 65.2 Å². The maximum Gasteiger partial charge on any atom is 0.408 e. The van der Waals surface area contributed by atoms with Crippen molar-refractivity contribution in [1.29, 1.82) is 0 Å². The van der Waals surface area contributed by atoms with Gasteiger partial charge < -0.3 is 14.8 Å². The largest absolute Gasteiger partial charge is 0.460 e. The third-order valence-electron chi connectivity index (χ3n) is 3.36. The predicted octanol–water partition coefficient (Wildman–Crippen LogP) is 4.34. The van der Waals surface area contributed by atoms with Crippen LogP contribution in [-0.4, -0.2) is 34.8 Å². The maximum atomic E-state index is 12.2. The van der Waals surface area contributed by atoms with Gasteiger partial charge in [0.1, 0.15) is 17.7 Å². The smallest absolute Gasteiger partial charge is 0.408 e. The van der Waals surface area contributed by atoms with E-state index >= 15 is 0 Å². The summed E-state index contributed by atoms with van der Waals surface area (Å²) >= 11 is 12.0. The maximum absolute atomic E-state index is 12.2.